The Bertz CT molecular complexity index is 499. The van der Waals surface area contributed by atoms with Gasteiger partial charge >= 0.3 is 0 Å². The summed E-state index contributed by atoms with van der Waals surface area (Å²) >= 11 is 0. The van der Waals surface area contributed by atoms with Crippen LogP contribution in [0.5, 0.6) is 0 Å². The molecule has 84 valence electrons. The van der Waals surface area contributed by atoms with Gasteiger partial charge in [0, 0.05) is 12.6 Å². The predicted molar refractivity (Wildman–Crippen MR) is 64.1 cm³/mol. The number of pyridine rings is 1. The number of aromatic nitrogens is 2. The third kappa shape index (κ3) is 1.55. The molecular weight excluding hydrogens is 200 g/mol. The number of rotatable bonds is 3. The Morgan fingerprint density at radius 2 is 2.31 bits per heavy atom. The highest BCUT2D eigenvalue weighted by atomic mass is 15.1. The molecule has 1 saturated carbocycles. The van der Waals surface area contributed by atoms with Crippen LogP contribution >= 0.6 is 0 Å². The summed E-state index contributed by atoms with van der Waals surface area (Å²) in [5.74, 6) is 0.750. The van der Waals surface area contributed by atoms with Crippen LogP contribution in [0.25, 0.3) is 5.65 Å². The van der Waals surface area contributed by atoms with Gasteiger partial charge in [-0.25, -0.2) is 4.98 Å². The zero-order valence-electron chi connectivity index (χ0n) is 9.19. The van der Waals surface area contributed by atoms with Crippen molar-refractivity contribution in [2.75, 3.05) is 5.73 Å². The molecule has 0 atom stereocenters. The standard InChI is InChI=1S/C12H16N4/c13-11-5-2-6-12-15-8-10(16(11)12)7-14-9-3-1-4-9/h2,5-6,8-9,14H,1,3-4,7,13H2. The maximum Gasteiger partial charge on any atom is 0.138 e. The summed E-state index contributed by atoms with van der Waals surface area (Å²) in [5, 5.41) is 3.52. The zero-order valence-corrected chi connectivity index (χ0v) is 9.19. The Morgan fingerprint density at radius 1 is 1.44 bits per heavy atom. The lowest BCUT2D eigenvalue weighted by Crippen LogP contribution is -2.34. The smallest absolute Gasteiger partial charge is 0.138 e. The topological polar surface area (TPSA) is 55.3 Å². The summed E-state index contributed by atoms with van der Waals surface area (Å²) in [6.45, 7) is 0.847. The number of hydrogen-bond donors (Lipinski definition) is 2. The molecule has 1 fully saturated rings. The summed E-state index contributed by atoms with van der Waals surface area (Å²) in [7, 11) is 0. The van der Waals surface area contributed by atoms with Crippen LogP contribution in [0.2, 0.25) is 0 Å². The first-order chi connectivity index (χ1) is 7.84. The van der Waals surface area contributed by atoms with Gasteiger partial charge in [0.25, 0.3) is 0 Å². The van der Waals surface area contributed by atoms with Gasteiger partial charge in [-0.2, -0.15) is 0 Å². The molecule has 0 aliphatic heterocycles. The molecule has 0 bridgehead atoms. The van der Waals surface area contributed by atoms with Crippen molar-refractivity contribution in [3.05, 3.63) is 30.1 Å². The minimum absolute atomic E-state index is 0.690. The molecule has 0 aromatic carbocycles. The number of nitrogen functional groups attached to an aromatic ring is 1. The molecule has 0 spiro atoms. The molecule has 3 N–H and O–H groups in total. The average molecular weight is 216 g/mol. The van der Waals surface area contributed by atoms with Gasteiger partial charge in [-0.1, -0.05) is 12.5 Å². The number of fused-ring (bicyclic) bond motifs is 1. The van der Waals surface area contributed by atoms with Crippen LogP contribution in [0.15, 0.2) is 24.4 Å². The van der Waals surface area contributed by atoms with E-state index in [0.29, 0.717) is 6.04 Å². The fourth-order valence-electron chi connectivity index (χ4n) is 2.11. The molecule has 0 radical (unpaired) electrons. The number of nitrogens with two attached hydrogens (primary N) is 1. The Kier molecular flexibility index (Phi) is 2.29. The predicted octanol–water partition coefficient (Wildman–Crippen LogP) is 1.56. The van der Waals surface area contributed by atoms with Crippen LogP contribution < -0.4 is 11.1 Å². The molecule has 0 unspecified atom stereocenters. The van der Waals surface area contributed by atoms with Crippen LogP contribution in [-0.4, -0.2) is 15.4 Å². The summed E-state index contributed by atoms with van der Waals surface area (Å²) in [4.78, 5) is 4.34. The largest absolute Gasteiger partial charge is 0.385 e. The van der Waals surface area contributed by atoms with Crippen LogP contribution in [0, 0.1) is 0 Å². The summed E-state index contributed by atoms with van der Waals surface area (Å²) in [5.41, 5.74) is 8.01. The monoisotopic (exact) mass is 216 g/mol. The van der Waals surface area contributed by atoms with Crippen LogP contribution in [0.3, 0.4) is 0 Å². The van der Waals surface area contributed by atoms with Gasteiger partial charge < -0.3 is 11.1 Å². The van der Waals surface area contributed by atoms with Crippen molar-refractivity contribution in [1.82, 2.24) is 14.7 Å². The fraction of sp³-hybridized carbons (Fsp3) is 0.417. The van der Waals surface area contributed by atoms with Crippen molar-refractivity contribution in [3.63, 3.8) is 0 Å². The lowest BCUT2D eigenvalue weighted by atomic mass is 9.93. The van der Waals surface area contributed by atoms with E-state index in [4.69, 9.17) is 5.73 Å². The SMILES string of the molecule is Nc1cccc2ncc(CNC3CCC3)n12. The molecule has 1 aliphatic carbocycles. The maximum atomic E-state index is 5.95. The minimum Gasteiger partial charge on any atom is -0.385 e. The Balaban J connectivity index is 1.85. The molecule has 3 rings (SSSR count). The molecule has 0 amide bonds. The molecule has 1 aliphatic rings. The van der Waals surface area contributed by atoms with E-state index >= 15 is 0 Å². The molecule has 2 heterocycles. The highest BCUT2D eigenvalue weighted by Gasteiger charge is 2.17. The van der Waals surface area contributed by atoms with Crippen molar-refractivity contribution < 1.29 is 0 Å². The molecule has 0 saturated heterocycles. The van der Waals surface area contributed by atoms with Gasteiger partial charge in [-0.05, 0) is 25.0 Å². The second-order valence-corrected chi connectivity index (χ2v) is 4.40. The van der Waals surface area contributed by atoms with Crippen LogP contribution in [0.4, 0.5) is 5.82 Å². The highest BCUT2D eigenvalue weighted by Crippen LogP contribution is 2.19. The highest BCUT2D eigenvalue weighted by molar-refractivity contribution is 5.49. The third-order valence-electron chi connectivity index (χ3n) is 3.31. The van der Waals surface area contributed by atoms with Crippen molar-refractivity contribution >= 4 is 11.5 Å². The van der Waals surface area contributed by atoms with E-state index in [1.165, 1.54) is 19.3 Å². The molecule has 16 heavy (non-hydrogen) atoms. The van der Waals surface area contributed by atoms with E-state index in [-0.39, 0.29) is 0 Å². The van der Waals surface area contributed by atoms with Gasteiger partial charge in [-0.15, -0.1) is 0 Å². The Labute approximate surface area is 94.5 Å². The number of imidazole rings is 1. The van der Waals surface area contributed by atoms with Gasteiger partial charge in [0.2, 0.25) is 0 Å². The third-order valence-corrected chi connectivity index (χ3v) is 3.31. The van der Waals surface area contributed by atoms with Gasteiger partial charge in [0.05, 0.1) is 11.9 Å². The summed E-state index contributed by atoms with van der Waals surface area (Å²) in [6.07, 6.45) is 5.85. The normalized spacial score (nSPS) is 16.5. The summed E-state index contributed by atoms with van der Waals surface area (Å²) < 4.78 is 2.01. The Hall–Kier alpha value is -1.55. The minimum atomic E-state index is 0.690. The quantitative estimate of drug-likeness (QED) is 0.818. The first-order valence-corrected chi connectivity index (χ1v) is 5.79. The van der Waals surface area contributed by atoms with Crippen LogP contribution in [-0.2, 0) is 6.54 Å². The second kappa shape index (κ2) is 3.79. The van der Waals surface area contributed by atoms with Gasteiger partial charge in [0.1, 0.15) is 11.5 Å². The lowest BCUT2D eigenvalue weighted by molar-refractivity contribution is 0.336. The van der Waals surface area contributed by atoms with E-state index < -0.39 is 0 Å². The van der Waals surface area contributed by atoms with Crippen LogP contribution in [0.1, 0.15) is 25.0 Å². The zero-order chi connectivity index (χ0) is 11.0. The fourth-order valence-corrected chi connectivity index (χ4v) is 2.11. The van der Waals surface area contributed by atoms with Crippen molar-refractivity contribution in [2.45, 2.75) is 31.8 Å². The van der Waals surface area contributed by atoms with Gasteiger partial charge in [0.15, 0.2) is 0 Å². The second-order valence-electron chi connectivity index (χ2n) is 4.40. The van der Waals surface area contributed by atoms with E-state index in [0.717, 1.165) is 23.7 Å². The van der Waals surface area contributed by atoms with Crippen molar-refractivity contribution in [2.24, 2.45) is 0 Å². The van der Waals surface area contributed by atoms with Gasteiger partial charge in [-0.3, -0.25) is 4.40 Å². The van der Waals surface area contributed by atoms with E-state index in [9.17, 15) is 0 Å². The lowest BCUT2D eigenvalue weighted by Gasteiger charge is -2.26. The molecular formula is C12H16N4. The Morgan fingerprint density at radius 3 is 3.06 bits per heavy atom. The first-order valence-electron chi connectivity index (χ1n) is 5.79. The number of nitrogens with zero attached hydrogens (tertiary/aromatic N) is 2. The number of nitrogens with one attached hydrogen (secondary N) is 1. The average Bonchev–Trinajstić information content (AvgIpc) is 2.61. The molecule has 4 heteroatoms. The molecule has 2 aromatic heterocycles. The maximum absolute atomic E-state index is 5.95. The molecule has 2 aromatic rings. The van der Waals surface area contributed by atoms with Crippen molar-refractivity contribution in [1.29, 1.82) is 0 Å². The summed E-state index contributed by atoms with van der Waals surface area (Å²) in [6, 6.07) is 6.50. The van der Waals surface area contributed by atoms with E-state index in [2.05, 4.69) is 10.3 Å². The van der Waals surface area contributed by atoms with Crippen molar-refractivity contribution in [3.8, 4) is 0 Å². The van der Waals surface area contributed by atoms with E-state index in [1.807, 2.05) is 28.8 Å². The number of hydrogen-bond acceptors (Lipinski definition) is 3. The first kappa shape index (κ1) is 9.66. The number of anilines is 1. The molecule has 4 nitrogen and oxygen atoms in total. The van der Waals surface area contributed by atoms with E-state index in [1.54, 1.807) is 0 Å².